The molecule has 2 aromatic carbocycles. The molecule has 0 spiro atoms. The van der Waals surface area contributed by atoms with E-state index in [1.54, 1.807) is 18.7 Å². The monoisotopic (exact) mass is 446 g/mol. The van der Waals surface area contributed by atoms with Gasteiger partial charge in [0.25, 0.3) is 5.91 Å². The van der Waals surface area contributed by atoms with E-state index in [1.807, 2.05) is 60.7 Å². The zero-order valence-electron chi connectivity index (χ0n) is 18.7. The van der Waals surface area contributed by atoms with Gasteiger partial charge in [0.15, 0.2) is 5.69 Å². The van der Waals surface area contributed by atoms with Gasteiger partial charge in [0.05, 0.1) is 13.2 Å². The van der Waals surface area contributed by atoms with Crippen molar-refractivity contribution in [2.24, 2.45) is 0 Å². The van der Waals surface area contributed by atoms with Crippen molar-refractivity contribution >= 4 is 17.8 Å². The number of carbonyl (C=O) groups excluding carboxylic acids is 3. The molecule has 2 amide bonds. The lowest BCUT2D eigenvalue weighted by molar-refractivity contribution is -0.133. The van der Waals surface area contributed by atoms with Gasteiger partial charge in [0.2, 0.25) is 5.91 Å². The summed E-state index contributed by atoms with van der Waals surface area (Å²) in [5.74, 6) is -1.27. The molecule has 8 heteroatoms. The van der Waals surface area contributed by atoms with Crippen LogP contribution in [-0.2, 0) is 29.2 Å². The molecule has 2 heterocycles. The average Bonchev–Trinajstić information content (AvgIpc) is 3.26. The van der Waals surface area contributed by atoms with Crippen molar-refractivity contribution in [3.8, 4) is 0 Å². The molecule has 0 radical (unpaired) electrons. The summed E-state index contributed by atoms with van der Waals surface area (Å²) in [7, 11) is 0. The molecule has 1 aliphatic heterocycles. The lowest BCUT2D eigenvalue weighted by atomic mass is 9.94. The van der Waals surface area contributed by atoms with Gasteiger partial charge in [-0.2, -0.15) is 5.10 Å². The highest BCUT2D eigenvalue weighted by atomic mass is 16.5. The first-order valence-electron chi connectivity index (χ1n) is 10.9. The summed E-state index contributed by atoms with van der Waals surface area (Å²) >= 11 is 0. The smallest absolute Gasteiger partial charge is 0.358 e. The van der Waals surface area contributed by atoms with E-state index in [9.17, 15) is 14.4 Å². The van der Waals surface area contributed by atoms with Crippen LogP contribution < -0.4 is 5.32 Å². The Hall–Kier alpha value is -3.94. The van der Waals surface area contributed by atoms with E-state index in [-0.39, 0.29) is 42.9 Å². The largest absolute Gasteiger partial charge is 0.461 e. The first-order valence-corrected chi connectivity index (χ1v) is 10.9. The molecule has 1 N–H and O–H groups in total. The summed E-state index contributed by atoms with van der Waals surface area (Å²) in [6.07, 6.45) is 0. The van der Waals surface area contributed by atoms with Crippen molar-refractivity contribution < 1.29 is 19.1 Å². The van der Waals surface area contributed by atoms with Gasteiger partial charge in [-0.3, -0.25) is 14.3 Å². The predicted molar refractivity (Wildman–Crippen MR) is 121 cm³/mol. The van der Waals surface area contributed by atoms with Crippen LogP contribution in [-0.4, -0.2) is 44.6 Å². The van der Waals surface area contributed by atoms with Gasteiger partial charge in [-0.1, -0.05) is 60.7 Å². The summed E-state index contributed by atoms with van der Waals surface area (Å²) in [4.78, 5) is 40.7. The third-order valence-corrected chi connectivity index (χ3v) is 5.75. The van der Waals surface area contributed by atoms with Gasteiger partial charge in [0, 0.05) is 19.2 Å². The normalized spacial score (nSPS) is 17.4. The molecule has 1 aliphatic rings. The molecule has 1 atom stereocenters. The zero-order valence-corrected chi connectivity index (χ0v) is 18.7. The third-order valence-electron chi connectivity index (χ3n) is 5.75. The van der Waals surface area contributed by atoms with Crippen molar-refractivity contribution in [1.29, 1.82) is 0 Å². The lowest BCUT2D eigenvalue weighted by Gasteiger charge is -2.43. The standard InChI is InChI=1S/C25H26N4O4/c1-3-33-23(31)20-14-21-22(30)28(16-19-12-8-5-9-13-19)25(2,17-29(21)27-20)24(32)26-15-18-10-6-4-7-11-18/h4-14H,3,15-17H2,1-2H3,(H,26,32)/t25-/m1/s1. The van der Waals surface area contributed by atoms with Crippen molar-refractivity contribution in [2.45, 2.75) is 39.0 Å². The molecule has 0 saturated carbocycles. The maximum atomic E-state index is 13.5. The summed E-state index contributed by atoms with van der Waals surface area (Å²) in [6.45, 7) is 4.32. The average molecular weight is 447 g/mol. The van der Waals surface area contributed by atoms with Crippen LogP contribution in [0.3, 0.4) is 0 Å². The molecule has 3 aromatic rings. The predicted octanol–water partition coefficient (Wildman–Crippen LogP) is 2.79. The highest BCUT2D eigenvalue weighted by Gasteiger charge is 2.48. The second kappa shape index (κ2) is 9.28. The Morgan fingerprint density at radius 2 is 1.70 bits per heavy atom. The van der Waals surface area contributed by atoms with Crippen molar-refractivity contribution in [2.75, 3.05) is 6.61 Å². The molecule has 0 aliphatic carbocycles. The molecule has 0 unspecified atom stereocenters. The van der Waals surface area contributed by atoms with Gasteiger partial charge in [-0.15, -0.1) is 0 Å². The SMILES string of the molecule is CCOC(=O)c1cc2n(n1)C[C@](C)(C(=O)NCc1ccccc1)N(Cc1ccccc1)C2=O. The number of fused-ring (bicyclic) bond motifs is 1. The van der Waals surface area contributed by atoms with E-state index < -0.39 is 11.5 Å². The first-order chi connectivity index (χ1) is 15.9. The highest BCUT2D eigenvalue weighted by molar-refractivity contribution is 6.01. The Labute approximate surface area is 192 Å². The molecular formula is C25H26N4O4. The number of rotatable bonds is 7. The maximum Gasteiger partial charge on any atom is 0.358 e. The quantitative estimate of drug-likeness (QED) is 0.564. The Morgan fingerprint density at radius 3 is 2.33 bits per heavy atom. The van der Waals surface area contributed by atoms with Crippen LogP contribution in [0, 0.1) is 0 Å². The third kappa shape index (κ3) is 4.50. The number of benzene rings is 2. The van der Waals surface area contributed by atoms with E-state index in [0.717, 1.165) is 11.1 Å². The second-order valence-electron chi connectivity index (χ2n) is 8.11. The molecule has 1 aromatic heterocycles. The fourth-order valence-corrected chi connectivity index (χ4v) is 3.93. The summed E-state index contributed by atoms with van der Waals surface area (Å²) in [5, 5.41) is 7.23. The van der Waals surface area contributed by atoms with Crippen LogP contribution >= 0.6 is 0 Å². The van der Waals surface area contributed by atoms with E-state index in [4.69, 9.17) is 4.74 Å². The summed E-state index contributed by atoms with van der Waals surface area (Å²) in [5.41, 5.74) is 0.936. The Morgan fingerprint density at radius 1 is 1.06 bits per heavy atom. The molecule has 4 rings (SSSR count). The van der Waals surface area contributed by atoms with E-state index >= 15 is 0 Å². The molecular weight excluding hydrogens is 420 g/mol. The van der Waals surface area contributed by atoms with Crippen molar-refractivity contribution in [3.05, 3.63) is 89.2 Å². The van der Waals surface area contributed by atoms with Gasteiger partial charge < -0.3 is 15.0 Å². The van der Waals surface area contributed by atoms with E-state index in [1.165, 1.54) is 10.7 Å². The molecule has 0 fully saturated rings. The zero-order chi connectivity index (χ0) is 23.4. The van der Waals surface area contributed by atoms with Crippen molar-refractivity contribution in [3.63, 3.8) is 0 Å². The van der Waals surface area contributed by atoms with Gasteiger partial charge in [-0.05, 0) is 25.0 Å². The molecule has 170 valence electrons. The van der Waals surface area contributed by atoms with E-state index in [2.05, 4.69) is 10.4 Å². The number of aromatic nitrogens is 2. The minimum Gasteiger partial charge on any atom is -0.461 e. The first kappa shape index (κ1) is 22.3. The Bertz CT molecular complexity index is 1160. The fourth-order valence-electron chi connectivity index (χ4n) is 3.93. The molecule has 0 bridgehead atoms. The van der Waals surface area contributed by atoms with Gasteiger partial charge >= 0.3 is 5.97 Å². The van der Waals surface area contributed by atoms with Crippen LogP contribution in [0.4, 0.5) is 0 Å². The molecule has 33 heavy (non-hydrogen) atoms. The fraction of sp³-hybridized carbons (Fsp3) is 0.280. The van der Waals surface area contributed by atoms with E-state index in [0.29, 0.717) is 6.54 Å². The number of esters is 1. The number of amides is 2. The second-order valence-corrected chi connectivity index (χ2v) is 8.11. The summed E-state index contributed by atoms with van der Waals surface area (Å²) in [6, 6.07) is 20.5. The van der Waals surface area contributed by atoms with Crippen molar-refractivity contribution in [1.82, 2.24) is 20.0 Å². The number of hydrogen-bond acceptors (Lipinski definition) is 5. The number of ether oxygens (including phenoxy) is 1. The van der Waals surface area contributed by atoms with Crippen LogP contribution in [0.5, 0.6) is 0 Å². The van der Waals surface area contributed by atoms with Crippen LogP contribution in [0.25, 0.3) is 0 Å². The minimum atomic E-state index is -1.22. The summed E-state index contributed by atoms with van der Waals surface area (Å²) < 4.78 is 6.46. The Kier molecular flexibility index (Phi) is 6.26. The van der Waals surface area contributed by atoms with Gasteiger partial charge in [-0.25, -0.2) is 4.79 Å². The number of nitrogens with zero attached hydrogens (tertiary/aromatic N) is 3. The maximum absolute atomic E-state index is 13.5. The molecule has 8 nitrogen and oxygen atoms in total. The molecule has 0 saturated heterocycles. The highest BCUT2D eigenvalue weighted by Crippen LogP contribution is 2.29. The number of carbonyl (C=O) groups is 3. The van der Waals surface area contributed by atoms with Gasteiger partial charge in [0.1, 0.15) is 11.2 Å². The van der Waals surface area contributed by atoms with Crippen LogP contribution in [0.2, 0.25) is 0 Å². The number of hydrogen-bond donors (Lipinski definition) is 1. The number of nitrogens with one attached hydrogen (secondary N) is 1. The van der Waals surface area contributed by atoms with Crippen LogP contribution in [0.15, 0.2) is 66.7 Å². The Balaban J connectivity index is 1.66. The minimum absolute atomic E-state index is 0.0498. The van der Waals surface area contributed by atoms with Crippen LogP contribution in [0.1, 0.15) is 46.0 Å². The lowest BCUT2D eigenvalue weighted by Crippen LogP contribution is -2.63. The topological polar surface area (TPSA) is 93.5 Å².